The van der Waals surface area contributed by atoms with Gasteiger partial charge in [-0.3, -0.25) is 4.79 Å². The third kappa shape index (κ3) is 3.34. The molecule has 1 atom stereocenters. The first-order valence-electron chi connectivity index (χ1n) is 7.93. The van der Waals surface area contributed by atoms with Gasteiger partial charge < -0.3 is 14.4 Å². The van der Waals surface area contributed by atoms with E-state index < -0.39 is 0 Å². The molecule has 1 aromatic heterocycles. The molecule has 5 nitrogen and oxygen atoms in total. The van der Waals surface area contributed by atoms with Crippen LogP contribution in [0.2, 0.25) is 0 Å². The summed E-state index contributed by atoms with van der Waals surface area (Å²) in [4.78, 5) is 18.3. The number of thiazole rings is 1. The number of rotatable bonds is 4. The standard InChI is InChI=1S/C16H24N2O3S/c1-11(2)15(19)18-9-16(10-18)6-14(4-5-21-16)20-7-13-8-22-12(3)17-13/h8,11,14H,4-7,9-10H2,1-3H3/t14-/m0/s1. The first-order chi connectivity index (χ1) is 10.5. The number of nitrogens with zero attached hydrogens (tertiary/aromatic N) is 2. The van der Waals surface area contributed by atoms with E-state index >= 15 is 0 Å². The Labute approximate surface area is 135 Å². The van der Waals surface area contributed by atoms with Gasteiger partial charge in [0.25, 0.3) is 0 Å². The Balaban J connectivity index is 1.49. The van der Waals surface area contributed by atoms with Crippen LogP contribution in [0.4, 0.5) is 0 Å². The second-order valence-corrected chi connectivity index (χ2v) is 7.73. The molecular weight excluding hydrogens is 300 g/mol. The molecule has 1 aromatic rings. The Morgan fingerprint density at radius 1 is 1.59 bits per heavy atom. The minimum Gasteiger partial charge on any atom is -0.372 e. The third-order valence-corrected chi connectivity index (χ3v) is 5.17. The van der Waals surface area contributed by atoms with Crippen molar-refractivity contribution in [1.29, 1.82) is 0 Å². The topological polar surface area (TPSA) is 51.7 Å². The zero-order chi connectivity index (χ0) is 15.7. The van der Waals surface area contributed by atoms with E-state index in [1.54, 1.807) is 11.3 Å². The lowest BCUT2D eigenvalue weighted by Gasteiger charge is -2.53. The first-order valence-corrected chi connectivity index (χ1v) is 8.81. The second kappa shape index (κ2) is 6.26. The third-order valence-electron chi connectivity index (χ3n) is 4.34. The molecule has 0 unspecified atom stereocenters. The molecule has 6 heteroatoms. The molecule has 0 aromatic carbocycles. The van der Waals surface area contributed by atoms with Gasteiger partial charge in [0.05, 0.1) is 36.5 Å². The number of carbonyl (C=O) groups is 1. The van der Waals surface area contributed by atoms with E-state index in [1.165, 1.54) is 0 Å². The van der Waals surface area contributed by atoms with Gasteiger partial charge in [0.1, 0.15) is 5.60 Å². The van der Waals surface area contributed by atoms with Crippen LogP contribution in [-0.2, 0) is 20.9 Å². The van der Waals surface area contributed by atoms with Crippen molar-refractivity contribution in [3.63, 3.8) is 0 Å². The summed E-state index contributed by atoms with van der Waals surface area (Å²) in [7, 11) is 0. The van der Waals surface area contributed by atoms with Gasteiger partial charge in [-0.1, -0.05) is 13.8 Å². The molecule has 22 heavy (non-hydrogen) atoms. The Morgan fingerprint density at radius 3 is 3.00 bits per heavy atom. The number of aryl methyl sites for hydroxylation is 1. The Kier molecular flexibility index (Phi) is 4.52. The number of hydrogen-bond acceptors (Lipinski definition) is 5. The maximum Gasteiger partial charge on any atom is 0.225 e. The average Bonchev–Trinajstić information content (AvgIpc) is 2.87. The minimum absolute atomic E-state index is 0.0564. The van der Waals surface area contributed by atoms with E-state index in [0.29, 0.717) is 26.3 Å². The Bertz CT molecular complexity index is 537. The lowest BCUT2D eigenvalue weighted by Crippen LogP contribution is -2.67. The summed E-state index contributed by atoms with van der Waals surface area (Å²) in [5.41, 5.74) is 0.833. The summed E-state index contributed by atoms with van der Waals surface area (Å²) < 4.78 is 12.0. The van der Waals surface area contributed by atoms with Crippen molar-refractivity contribution in [2.75, 3.05) is 19.7 Å². The van der Waals surface area contributed by atoms with Gasteiger partial charge in [-0.05, 0) is 13.3 Å². The fraction of sp³-hybridized carbons (Fsp3) is 0.750. The van der Waals surface area contributed by atoms with Crippen LogP contribution in [0.5, 0.6) is 0 Å². The van der Waals surface area contributed by atoms with E-state index in [1.807, 2.05) is 25.7 Å². The average molecular weight is 324 g/mol. The molecule has 2 aliphatic rings. The van der Waals surface area contributed by atoms with Crippen molar-refractivity contribution in [2.45, 2.75) is 51.9 Å². The quantitative estimate of drug-likeness (QED) is 0.853. The van der Waals surface area contributed by atoms with Gasteiger partial charge in [0.15, 0.2) is 0 Å². The van der Waals surface area contributed by atoms with Crippen LogP contribution in [0.25, 0.3) is 0 Å². The van der Waals surface area contributed by atoms with E-state index in [0.717, 1.165) is 23.5 Å². The predicted molar refractivity (Wildman–Crippen MR) is 84.8 cm³/mol. The van der Waals surface area contributed by atoms with Crippen LogP contribution < -0.4 is 0 Å². The van der Waals surface area contributed by atoms with Gasteiger partial charge in [-0.25, -0.2) is 4.98 Å². The predicted octanol–water partition coefficient (Wildman–Crippen LogP) is 2.38. The highest BCUT2D eigenvalue weighted by atomic mass is 32.1. The lowest BCUT2D eigenvalue weighted by molar-refractivity contribution is -0.204. The fourth-order valence-corrected chi connectivity index (χ4v) is 3.79. The molecule has 3 heterocycles. The number of carbonyl (C=O) groups excluding carboxylic acids is 1. The van der Waals surface area contributed by atoms with Crippen molar-refractivity contribution >= 4 is 17.2 Å². The van der Waals surface area contributed by atoms with Gasteiger partial charge in [-0.15, -0.1) is 11.3 Å². The zero-order valence-electron chi connectivity index (χ0n) is 13.5. The van der Waals surface area contributed by atoms with Crippen LogP contribution in [0.1, 0.15) is 37.4 Å². The summed E-state index contributed by atoms with van der Waals surface area (Å²) in [6.07, 6.45) is 1.99. The van der Waals surface area contributed by atoms with Crippen LogP contribution in [0, 0.1) is 12.8 Å². The largest absolute Gasteiger partial charge is 0.372 e. The molecule has 0 aliphatic carbocycles. The van der Waals surface area contributed by atoms with Crippen LogP contribution >= 0.6 is 11.3 Å². The molecule has 2 saturated heterocycles. The maximum absolute atomic E-state index is 12.0. The number of aromatic nitrogens is 1. The van der Waals surface area contributed by atoms with Crippen molar-refractivity contribution in [3.05, 3.63) is 16.1 Å². The molecular formula is C16H24N2O3S. The highest BCUT2D eigenvalue weighted by Crippen LogP contribution is 2.36. The number of amides is 1. The Morgan fingerprint density at radius 2 is 2.36 bits per heavy atom. The van der Waals surface area contributed by atoms with Gasteiger partial charge in [0.2, 0.25) is 5.91 Å². The van der Waals surface area contributed by atoms with Crippen LogP contribution in [0.15, 0.2) is 5.38 Å². The minimum atomic E-state index is -0.175. The molecule has 2 fully saturated rings. The monoisotopic (exact) mass is 324 g/mol. The highest BCUT2D eigenvalue weighted by Gasteiger charge is 2.49. The smallest absolute Gasteiger partial charge is 0.225 e. The van der Waals surface area contributed by atoms with Crippen molar-refractivity contribution in [1.82, 2.24) is 9.88 Å². The molecule has 0 saturated carbocycles. The first kappa shape index (κ1) is 15.9. The SMILES string of the molecule is Cc1nc(CO[C@H]2CCOC3(C2)CN(C(=O)C(C)C)C3)cs1. The van der Waals surface area contributed by atoms with E-state index in [2.05, 4.69) is 10.4 Å². The van der Waals surface area contributed by atoms with E-state index in [-0.39, 0.29) is 23.5 Å². The molecule has 0 N–H and O–H groups in total. The maximum atomic E-state index is 12.0. The second-order valence-electron chi connectivity index (χ2n) is 6.66. The number of ether oxygens (including phenoxy) is 2. The Hall–Kier alpha value is -0.980. The lowest BCUT2D eigenvalue weighted by atomic mass is 9.84. The number of likely N-dealkylation sites (tertiary alicyclic amines) is 1. The molecule has 1 amide bonds. The molecule has 0 radical (unpaired) electrons. The molecule has 2 aliphatic heterocycles. The molecule has 0 bridgehead atoms. The molecule has 122 valence electrons. The number of hydrogen-bond donors (Lipinski definition) is 0. The van der Waals surface area contributed by atoms with Crippen molar-refractivity contribution < 1.29 is 14.3 Å². The van der Waals surface area contributed by atoms with Gasteiger partial charge >= 0.3 is 0 Å². The molecule has 1 spiro atoms. The summed E-state index contributed by atoms with van der Waals surface area (Å²) in [5, 5.41) is 3.13. The van der Waals surface area contributed by atoms with Crippen molar-refractivity contribution in [2.24, 2.45) is 5.92 Å². The highest BCUT2D eigenvalue weighted by molar-refractivity contribution is 7.09. The van der Waals surface area contributed by atoms with Crippen LogP contribution in [0.3, 0.4) is 0 Å². The molecule has 3 rings (SSSR count). The van der Waals surface area contributed by atoms with E-state index in [4.69, 9.17) is 9.47 Å². The summed E-state index contributed by atoms with van der Waals surface area (Å²) >= 11 is 1.65. The summed E-state index contributed by atoms with van der Waals surface area (Å²) in [6, 6.07) is 0. The summed E-state index contributed by atoms with van der Waals surface area (Å²) in [6.45, 7) is 8.59. The van der Waals surface area contributed by atoms with Gasteiger partial charge in [0, 0.05) is 24.3 Å². The van der Waals surface area contributed by atoms with Crippen LogP contribution in [-0.4, -0.2) is 47.2 Å². The van der Waals surface area contributed by atoms with Crippen molar-refractivity contribution in [3.8, 4) is 0 Å². The van der Waals surface area contributed by atoms with Gasteiger partial charge in [-0.2, -0.15) is 0 Å². The zero-order valence-corrected chi connectivity index (χ0v) is 14.3. The van der Waals surface area contributed by atoms with E-state index in [9.17, 15) is 4.79 Å². The summed E-state index contributed by atoms with van der Waals surface area (Å²) in [5.74, 6) is 0.274. The fourth-order valence-electron chi connectivity index (χ4n) is 3.19. The normalized spacial score (nSPS) is 23.8.